The molecule has 1 fully saturated rings. The van der Waals surface area contributed by atoms with Crippen LogP contribution in [0.4, 0.5) is 0 Å². The monoisotopic (exact) mass is 248 g/mol. The summed E-state index contributed by atoms with van der Waals surface area (Å²) in [6.45, 7) is 10.2. The van der Waals surface area contributed by atoms with Crippen LogP contribution in [0.15, 0.2) is 24.3 Å². The van der Waals surface area contributed by atoms with Crippen LogP contribution in [0.1, 0.15) is 30.9 Å². The van der Waals surface area contributed by atoms with E-state index in [4.69, 9.17) is 0 Å². The average Bonchev–Trinajstić information content (AvgIpc) is 2.41. The van der Waals surface area contributed by atoms with Crippen LogP contribution in [0.5, 0.6) is 0 Å². The van der Waals surface area contributed by atoms with E-state index in [1.165, 1.54) is 11.1 Å². The van der Waals surface area contributed by atoms with Gasteiger partial charge in [-0.15, -0.1) is 0 Å². The number of nitrogens with one attached hydrogen (secondary N) is 1. The fraction of sp³-hybridized carbons (Fsp3) is 0.533. The number of rotatable bonds is 2. The summed E-state index contributed by atoms with van der Waals surface area (Å²) in [6.07, 6.45) is 0.904. The summed E-state index contributed by atoms with van der Waals surface area (Å²) in [6, 6.07) is 8.71. The van der Waals surface area contributed by atoms with Crippen molar-refractivity contribution in [3.05, 3.63) is 35.4 Å². The molecule has 0 radical (unpaired) electrons. The molecule has 3 heteroatoms. The largest absolute Gasteiger partial charge is 0.343 e. The maximum absolute atomic E-state index is 10.1. The van der Waals surface area contributed by atoms with Crippen LogP contribution in [-0.4, -0.2) is 37.5 Å². The highest BCUT2D eigenvalue weighted by atomic mass is 16.1. The molecule has 0 atom stereocenters. The summed E-state index contributed by atoms with van der Waals surface area (Å²) in [5, 5.41) is 3.15. The summed E-state index contributed by atoms with van der Waals surface area (Å²) < 4.78 is 0. The molecule has 0 saturated carbocycles. The van der Waals surface area contributed by atoms with Crippen LogP contribution < -0.4 is 5.32 Å². The second-order valence-corrected chi connectivity index (χ2v) is 4.96. The van der Waals surface area contributed by atoms with Crippen LogP contribution in [0.2, 0.25) is 0 Å². The van der Waals surface area contributed by atoms with E-state index in [2.05, 4.69) is 50.4 Å². The second kappa shape index (κ2) is 7.88. The molecule has 1 aromatic carbocycles. The Morgan fingerprint density at radius 2 is 1.72 bits per heavy atom. The summed E-state index contributed by atoms with van der Waals surface area (Å²) in [4.78, 5) is 11.8. The standard InChI is InChI=1S/C10H14.C5H10N2O/c1-8(2)10-6-4-9(3)5-7-10;8-5-7-3-1-6-2-4-7/h4-8H,1-3H3;5-6H,1-4H2. The molecule has 3 nitrogen and oxygen atoms in total. The number of hydrogen-bond acceptors (Lipinski definition) is 2. The molecule has 1 saturated heterocycles. The average molecular weight is 248 g/mol. The number of piperazine rings is 1. The van der Waals surface area contributed by atoms with E-state index in [0.29, 0.717) is 5.92 Å². The van der Waals surface area contributed by atoms with Gasteiger partial charge in [-0.2, -0.15) is 0 Å². The van der Waals surface area contributed by atoms with E-state index < -0.39 is 0 Å². The first-order chi connectivity index (χ1) is 8.63. The van der Waals surface area contributed by atoms with Crippen molar-refractivity contribution in [2.75, 3.05) is 26.2 Å². The van der Waals surface area contributed by atoms with E-state index in [0.717, 1.165) is 32.6 Å². The number of hydrogen-bond donors (Lipinski definition) is 1. The van der Waals surface area contributed by atoms with Crippen molar-refractivity contribution >= 4 is 6.41 Å². The van der Waals surface area contributed by atoms with Gasteiger partial charge in [0.1, 0.15) is 0 Å². The Kier molecular flexibility index (Phi) is 6.44. The van der Waals surface area contributed by atoms with Gasteiger partial charge in [-0.3, -0.25) is 4.79 Å². The number of benzene rings is 1. The van der Waals surface area contributed by atoms with E-state index in [1.54, 1.807) is 4.90 Å². The first-order valence-electron chi connectivity index (χ1n) is 6.60. The minimum atomic E-state index is 0.653. The van der Waals surface area contributed by atoms with E-state index in [-0.39, 0.29) is 0 Å². The van der Waals surface area contributed by atoms with Crippen molar-refractivity contribution in [1.29, 1.82) is 0 Å². The van der Waals surface area contributed by atoms with Gasteiger partial charge in [-0.1, -0.05) is 43.7 Å². The van der Waals surface area contributed by atoms with Crippen molar-refractivity contribution in [3.8, 4) is 0 Å². The third-order valence-corrected chi connectivity index (χ3v) is 3.04. The van der Waals surface area contributed by atoms with Crippen molar-refractivity contribution in [2.45, 2.75) is 26.7 Å². The number of amides is 1. The highest BCUT2D eigenvalue weighted by Gasteiger charge is 2.04. The second-order valence-electron chi connectivity index (χ2n) is 4.96. The third-order valence-electron chi connectivity index (χ3n) is 3.04. The maximum atomic E-state index is 10.1. The van der Waals surface area contributed by atoms with E-state index in [1.807, 2.05) is 0 Å². The summed E-state index contributed by atoms with van der Waals surface area (Å²) >= 11 is 0. The van der Waals surface area contributed by atoms with Gasteiger partial charge in [-0.05, 0) is 18.4 Å². The van der Waals surface area contributed by atoms with Crippen LogP contribution >= 0.6 is 0 Å². The van der Waals surface area contributed by atoms with Gasteiger partial charge in [-0.25, -0.2) is 0 Å². The van der Waals surface area contributed by atoms with Gasteiger partial charge in [0.05, 0.1) is 0 Å². The lowest BCUT2D eigenvalue weighted by atomic mass is 10.0. The van der Waals surface area contributed by atoms with Crippen molar-refractivity contribution in [1.82, 2.24) is 10.2 Å². The Morgan fingerprint density at radius 1 is 1.17 bits per heavy atom. The molecule has 1 aliphatic rings. The van der Waals surface area contributed by atoms with Crippen LogP contribution in [0.25, 0.3) is 0 Å². The first-order valence-corrected chi connectivity index (χ1v) is 6.60. The molecule has 1 aliphatic heterocycles. The highest BCUT2D eigenvalue weighted by Crippen LogP contribution is 2.13. The molecule has 1 amide bonds. The van der Waals surface area contributed by atoms with Crippen LogP contribution in [-0.2, 0) is 4.79 Å². The lowest BCUT2D eigenvalue weighted by molar-refractivity contribution is -0.118. The maximum Gasteiger partial charge on any atom is 0.209 e. The molecule has 0 unspecified atom stereocenters. The van der Waals surface area contributed by atoms with Gasteiger partial charge in [0.2, 0.25) is 6.41 Å². The summed E-state index contributed by atoms with van der Waals surface area (Å²) in [7, 11) is 0. The molecular formula is C15H24N2O. The third kappa shape index (κ3) is 5.32. The molecule has 1 N–H and O–H groups in total. The Labute approximate surface area is 110 Å². The van der Waals surface area contributed by atoms with Crippen LogP contribution in [0, 0.1) is 6.92 Å². The summed E-state index contributed by atoms with van der Waals surface area (Å²) in [5.74, 6) is 0.653. The Hall–Kier alpha value is -1.35. The van der Waals surface area contributed by atoms with Crippen molar-refractivity contribution in [2.24, 2.45) is 0 Å². The number of carbonyl (C=O) groups excluding carboxylic acids is 1. The number of aryl methyl sites for hydroxylation is 1. The van der Waals surface area contributed by atoms with Crippen molar-refractivity contribution < 1.29 is 4.79 Å². The molecule has 1 heterocycles. The molecule has 0 spiro atoms. The molecular weight excluding hydrogens is 224 g/mol. The molecule has 0 bridgehead atoms. The minimum Gasteiger partial charge on any atom is -0.343 e. The van der Waals surface area contributed by atoms with Gasteiger partial charge in [0, 0.05) is 26.2 Å². The lowest BCUT2D eigenvalue weighted by Gasteiger charge is -2.22. The minimum absolute atomic E-state index is 0.653. The van der Waals surface area contributed by atoms with E-state index >= 15 is 0 Å². The first kappa shape index (κ1) is 14.7. The fourth-order valence-corrected chi connectivity index (χ4v) is 1.74. The zero-order valence-corrected chi connectivity index (χ0v) is 11.6. The molecule has 100 valence electrons. The molecule has 2 rings (SSSR count). The van der Waals surface area contributed by atoms with E-state index in [9.17, 15) is 4.79 Å². The quantitative estimate of drug-likeness (QED) is 0.814. The molecule has 1 aromatic rings. The van der Waals surface area contributed by atoms with Gasteiger partial charge in [0.15, 0.2) is 0 Å². The van der Waals surface area contributed by atoms with Gasteiger partial charge < -0.3 is 10.2 Å². The highest BCUT2D eigenvalue weighted by molar-refractivity contribution is 5.47. The Balaban J connectivity index is 0.000000184. The van der Waals surface area contributed by atoms with Crippen molar-refractivity contribution in [3.63, 3.8) is 0 Å². The zero-order valence-electron chi connectivity index (χ0n) is 11.6. The van der Waals surface area contributed by atoms with Crippen LogP contribution in [0.3, 0.4) is 0 Å². The van der Waals surface area contributed by atoms with Gasteiger partial charge >= 0.3 is 0 Å². The normalized spacial score (nSPS) is 15.0. The molecule has 0 aliphatic carbocycles. The zero-order chi connectivity index (χ0) is 13.4. The number of nitrogens with zero attached hydrogens (tertiary/aromatic N) is 1. The molecule has 18 heavy (non-hydrogen) atoms. The lowest BCUT2D eigenvalue weighted by Crippen LogP contribution is -2.42. The van der Waals surface area contributed by atoms with Gasteiger partial charge in [0.25, 0.3) is 0 Å². The smallest absolute Gasteiger partial charge is 0.209 e. The topological polar surface area (TPSA) is 32.3 Å². The molecule has 0 aromatic heterocycles. The predicted octanol–water partition coefficient (Wildman–Crippen LogP) is 2.17. The Morgan fingerprint density at radius 3 is 2.11 bits per heavy atom. The predicted molar refractivity (Wildman–Crippen MR) is 75.8 cm³/mol. The number of carbonyl (C=O) groups is 1. The Bertz CT molecular complexity index is 340. The fourth-order valence-electron chi connectivity index (χ4n) is 1.74. The summed E-state index contributed by atoms with van der Waals surface area (Å²) in [5.41, 5.74) is 2.76. The SMILES string of the molecule is Cc1ccc(C(C)C)cc1.O=CN1CCNCC1.